The number of ketones is 1. The minimum atomic E-state index is -1.09. The molecule has 21 heavy (non-hydrogen) atoms. The first-order valence-electron chi connectivity index (χ1n) is 6.50. The van der Waals surface area contributed by atoms with Crippen LogP contribution in [0.1, 0.15) is 42.3 Å². The first kappa shape index (κ1) is 15.6. The molecular weight excluding hydrogens is 294 g/mol. The lowest BCUT2D eigenvalue weighted by atomic mass is 9.86. The van der Waals surface area contributed by atoms with Crippen LogP contribution in [0.15, 0.2) is 36.4 Å². The van der Waals surface area contributed by atoms with Gasteiger partial charge in [0.2, 0.25) is 0 Å². The molecule has 0 unspecified atom stereocenters. The van der Waals surface area contributed by atoms with E-state index >= 15 is 0 Å². The van der Waals surface area contributed by atoms with Crippen LogP contribution in [0.5, 0.6) is 0 Å². The standard InChI is InChI=1S/C17H15ClF2O/c1-17(2,3)11-6-4-10(5-7-11)16(21)12-8-14(19)15(20)9-13(12)18/h4-9H,1-3H3. The first-order valence-corrected chi connectivity index (χ1v) is 6.88. The van der Waals surface area contributed by atoms with Gasteiger partial charge in [0, 0.05) is 11.1 Å². The zero-order valence-electron chi connectivity index (χ0n) is 12.0. The summed E-state index contributed by atoms with van der Waals surface area (Å²) in [7, 11) is 0. The summed E-state index contributed by atoms with van der Waals surface area (Å²) in [5.74, 6) is -2.59. The lowest BCUT2D eigenvalue weighted by Crippen LogP contribution is -2.11. The van der Waals surface area contributed by atoms with Crippen LogP contribution in [0.25, 0.3) is 0 Å². The van der Waals surface area contributed by atoms with Crippen molar-refractivity contribution in [1.29, 1.82) is 0 Å². The molecule has 2 rings (SSSR count). The number of hydrogen-bond acceptors (Lipinski definition) is 1. The third kappa shape index (κ3) is 3.30. The summed E-state index contributed by atoms with van der Waals surface area (Å²) in [5, 5.41) is -0.0983. The van der Waals surface area contributed by atoms with Crippen LogP contribution in [0.4, 0.5) is 8.78 Å². The van der Waals surface area contributed by atoms with Crippen molar-refractivity contribution < 1.29 is 13.6 Å². The topological polar surface area (TPSA) is 17.1 Å². The Labute approximate surface area is 127 Å². The molecule has 0 spiro atoms. The first-order chi connectivity index (χ1) is 9.70. The average Bonchev–Trinajstić information content (AvgIpc) is 2.41. The van der Waals surface area contributed by atoms with Crippen LogP contribution in [0.2, 0.25) is 5.02 Å². The van der Waals surface area contributed by atoms with Crippen LogP contribution in [-0.4, -0.2) is 5.78 Å². The van der Waals surface area contributed by atoms with Crippen LogP contribution in [0, 0.1) is 11.6 Å². The number of carbonyl (C=O) groups excluding carboxylic acids is 1. The smallest absolute Gasteiger partial charge is 0.194 e. The highest BCUT2D eigenvalue weighted by Gasteiger charge is 2.18. The summed E-state index contributed by atoms with van der Waals surface area (Å²) < 4.78 is 26.3. The Hall–Kier alpha value is -1.74. The van der Waals surface area contributed by atoms with Crippen molar-refractivity contribution in [3.05, 3.63) is 69.7 Å². The molecule has 0 aliphatic carbocycles. The molecule has 0 heterocycles. The van der Waals surface area contributed by atoms with E-state index in [1.54, 1.807) is 12.1 Å². The molecule has 2 aromatic rings. The van der Waals surface area contributed by atoms with Gasteiger partial charge in [0.25, 0.3) is 0 Å². The number of benzene rings is 2. The molecule has 0 aromatic heterocycles. The van der Waals surface area contributed by atoms with Gasteiger partial charge in [-0.1, -0.05) is 56.6 Å². The predicted octanol–water partition coefficient (Wildman–Crippen LogP) is 5.15. The van der Waals surface area contributed by atoms with Crippen LogP contribution in [0.3, 0.4) is 0 Å². The normalized spacial score (nSPS) is 11.5. The van der Waals surface area contributed by atoms with Gasteiger partial charge in [0.15, 0.2) is 17.4 Å². The van der Waals surface area contributed by atoms with Gasteiger partial charge in [0.05, 0.1) is 5.02 Å². The lowest BCUT2D eigenvalue weighted by Gasteiger charge is -2.19. The molecule has 0 bridgehead atoms. The fourth-order valence-corrected chi connectivity index (χ4v) is 2.21. The van der Waals surface area contributed by atoms with Gasteiger partial charge < -0.3 is 0 Å². The molecule has 2 aromatic carbocycles. The Balaban J connectivity index is 2.39. The van der Waals surface area contributed by atoms with E-state index in [-0.39, 0.29) is 16.0 Å². The number of carbonyl (C=O) groups is 1. The zero-order chi connectivity index (χ0) is 15.8. The summed E-state index contributed by atoms with van der Waals surface area (Å²) in [6.45, 7) is 6.20. The third-order valence-corrected chi connectivity index (χ3v) is 3.58. The SMILES string of the molecule is CC(C)(C)c1ccc(C(=O)c2cc(F)c(F)cc2Cl)cc1. The van der Waals surface area contributed by atoms with Crippen LogP contribution in [-0.2, 0) is 5.41 Å². The zero-order valence-corrected chi connectivity index (χ0v) is 12.8. The van der Waals surface area contributed by atoms with Gasteiger partial charge in [-0.15, -0.1) is 0 Å². The van der Waals surface area contributed by atoms with E-state index < -0.39 is 17.4 Å². The maximum absolute atomic E-state index is 13.3. The highest BCUT2D eigenvalue weighted by Crippen LogP contribution is 2.25. The summed E-state index contributed by atoms with van der Waals surface area (Å²) in [4.78, 5) is 12.3. The van der Waals surface area contributed by atoms with E-state index in [0.717, 1.165) is 17.7 Å². The van der Waals surface area contributed by atoms with E-state index in [4.69, 9.17) is 11.6 Å². The molecule has 0 saturated carbocycles. The van der Waals surface area contributed by atoms with E-state index in [2.05, 4.69) is 20.8 Å². The molecule has 0 amide bonds. The highest BCUT2D eigenvalue weighted by molar-refractivity contribution is 6.35. The van der Waals surface area contributed by atoms with E-state index in [1.807, 2.05) is 12.1 Å². The minimum absolute atomic E-state index is 0.0266. The van der Waals surface area contributed by atoms with E-state index in [9.17, 15) is 13.6 Å². The maximum atomic E-state index is 13.3. The largest absolute Gasteiger partial charge is 0.289 e. The Morgan fingerprint density at radius 1 is 1.00 bits per heavy atom. The van der Waals surface area contributed by atoms with Gasteiger partial charge in [-0.25, -0.2) is 8.78 Å². The van der Waals surface area contributed by atoms with Crippen molar-refractivity contribution >= 4 is 17.4 Å². The van der Waals surface area contributed by atoms with Gasteiger partial charge in [-0.2, -0.15) is 0 Å². The molecule has 110 valence electrons. The number of hydrogen-bond donors (Lipinski definition) is 0. The molecule has 1 nitrogen and oxygen atoms in total. The van der Waals surface area contributed by atoms with E-state index in [1.165, 1.54) is 0 Å². The average molecular weight is 309 g/mol. The summed E-state index contributed by atoms with van der Waals surface area (Å²) in [6.07, 6.45) is 0. The molecule has 0 aliphatic rings. The van der Waals surface area contributed by atoms with Crippen molar-refractivity contribution in [3.63, 3.8) is 0 Å². The Morgan fingerprint density at radius 2 is 1.52 bits per heavy atom. The van der Waals surface area contributed by atoms with Crippen molar-refractivity contribution in [1.82, 2.24) is 0 Å². The fraction of sp³-hybridized carbons (Fsp3) is 0.235. The van der Waals surface area contributed by atoms with Crippen LogP contribution >= 0.6 is 11.6 Å². The Bertz CT molecular complexity index is 685. The Morgan fingerprint density at radius 3 is 2.05 bits per heavy atom. The summed E-state index contributed by atoms with van der Waals surface area (Å²) >= 11 is 5.82. The Kier molecular flexibility index (Phi) is 4.15. The van der Waals surface area contributed by atoms with E-state index in [0.29, 0.717) is 5.56 Å². The molecule has 0 saturated heterocycles. The molecule has 0 aliphatic heterocycles. The summed E-state index contributed by atoms with van der Waals surface area (Å²) in [5.41, 5.74) is 1.40. The van der Waals surface area contributed by atoms with Crippen molar-refractivity contribution in [2.45, 2.75) is 26.2 Å². The predicted molar refractivity (Wildman–Crippen MR) is 79.9 cm³/mol. The second-order valence-corrected chi connectivity index (χ2v) is 6.31. The molecule has 0 radical (unpaired) electrons. The monoisotopic (exact) mass is 308 g/mol. The third-order valence-electron chi connectivity index (χ3n) is 3.27. The summed E-state index contributed by atoms with van der Waals surface area (Å²) in [6, 6.07) is 8.67. The molecule has 0 atom stereocenters. The van der Waals surface area contributed by atoms with Gasteiger partial charge >= 0.3 is 0 Å². The fourth-order valence-electron chi connectivity index (χ4n) is 1.97. The number of rotatable bonds is 2. The van der Waals surface area contributed by atoms with Crippen LogP contribution < -0.4 is 0 Å². The van der Waals surface area contributed by atoms with Crippen molar-refractivity contribution in [2.24, 2.45) is 0 Å². The molecule has 4 heteroatoms. The van der Waals surface area contributed by atoms with Crippen molar-refractivity contribution in [2.75, 3.05) is 0 Å². The highest BCUT2D eigenvalue weighted by atomic mass is 35.5. The van der Waals surface area contributed by atoms with Gasteiger partial charge in [0.1, 0.15) is 0 Å². The maximum Gasteiger partial charge on any atom is 0.194 e. The number of halogens is 3. The molecule has 0 fully saturated rings. The molecular formula is C17H15ClF2O. The lowest BCUT2D eigenvalue weighted by molar-refractivity contribution is 0.103. The van der Waals surface area contributed by atoms with Gasteiger partial charge in [-0.05, 0) is 23.1 Å². The second-order valence-electron chi connectivity index (χ2n) is 5.90. The molecule has 0 N–H and O–H groups in total. The second kappa shape index (κ2) is 5.57. The van der Waals surface area contributed by atoms with Crippen molar-refractivity contribution in [3.8, 4) is 0 Å². The minimum Gasteiger partial charge on any atom is -0.289 e. The quantitative estimate of drug-likeness (QED) is 0.554. The van der Waals surface area contributed by atoms with Gasteiger partial charge in [-0.3, -0.25) is 4.79 Å².